The molecule has 0 aliphatic carbocycles. The molecule has 1 unspecified atom stereocenters. The van der Waals surface area contributed by atoms with Crippen LogP contribution in [0.15, 0.2) is 24.5 Å². The van der Waals surface area contributed by atoms with Crippen molar-refractivity contribution in [3.63, 3.8) is 0 Å². The molecule has 1 saturated heterocycles. The molecule has 1 aliphatic heterocycles. The van der Waals surface area contributed by atoms with Crippen LogP contribution >= 0.6 is 0 Å². The predicted molar refractivity (Wildman–Crippen MR) is 62.5 cm³/mol. The minimum Gasteiger partial charge on any atom is -0.357 e. The van der Waals surface area contributed by atoms with Crippen LogP contribution in [0.5, 0.6) is 0 Å². The van der Waals surface area contributed by atoms with Crippen LogP contribution in [0.1, 0.15) is 17.3 Å². The summed E-state index contributed by atoms with van der Waals surface area (Å²) in [6.45, 7) is 3.15. The van der Waals surface area contributed by atoms with Crippen LogP contribution in [0.2, 0.25) is 0 Å². The number of aromatic amines is 1. The number of rotatable bonds is 1. The van der Waals surface area contributed by atoms with Gasteiger partial charge in [-0.3, -0.25) is 4.79 Å². The molecule has 2 heterocycles. The molecule has 1 aliphatic rings. The van der Waals surface area contributed by atoms with Crippen molar-refractivity contribution in [2.24, 2.45) is 0 Å². The number of hydrogen-bond acceptors (Lipinski definition) is 3. The first-order chi connectivity index (χ1) is 8.25. The minimum absolute atomic E-state index is 0.00602. The lowest BCUT2D eigenvalue weighted by Gasteiger charge is -2.19. The van der Waals surface area contributed by atoms with Crippen molar-refractivity contribution in [1.82, 2.24) is 14.9 Å². The standard InChI is InChI=1S/C12H13N3O2/c1-8-15(4-5-17-8)12(16)9-2-3-10-11(6-9)14-7-13-10/h2-3,6-8H,4-5H2,1H3,(H,13,14). The van der Waals surface area contributed by atoms with E-state index in [9.17, 15) is 4.79 Å². The Morgan fingerprint density at radius 3 is 3.24 bits per heavy atom. The Balaban J connectivity index is 1.94. The zero-order valence-electron chi connectivity index (χ0n) is 9.51. The average Bonchev–Trinajstić information content (AvgIpc) is 2.95. The zero-order valence-corrected chi connectivity index (χ0v) is 9.51. The second-order valence-electron chi connectivity index (χ2n) is 4.10. The third-order valence-electron chi connectivity index (χ3n) is 3.06. The predicted octanol–water partition coefficient (Wildman–Crippen LogP) is 1.38. The highest BCUT2D eigenvalue weighted by molar-refractivity contribution is 5.97. The number of nitrogens with zero attached hydrogens (tertiary/aromatic N) is 2. The van der Waals surface area contributed by atoms with Crippen LogP contribution < -0.4 is 0 Å². The fourth-order valence-corrected chi connectivity index (χ4v) is 2.09. The Morgan fingerprint density at radius 1 is 1.59 bits per heavy atom. The molecule has 2 aromatic rings. The summed E-state index contributed by atoms with van der Waals surface area (Å²) in [6.07, 6.45) is 1.49. The van der Waals surface area contributed by atoms with Gasteiger partial charge in [0, 0.05) is 12.1 Å². The second kappa shape index (κ2) is 3.85. The monoisotopic (exact) mass is 231 g/mol. The van der Waals surface area contributed by atoms with E-state index in [1.807, 2.05) is 19.1 Å². The molecule has 0 saturated carbocycles. The second-order valence-corrected chi connectivity index (χ2v) is 4.10. The number of hydrogen-bond donors (Lipinski definition) is 1. The Hall–Kier alpha value is -1.88. The fraction of sp³-hybridized carbons (Fsp3) is 0.333. The summed E-state index contributed by atoms with van der Waals surface area (Å²) in [5, 5.41) is 0. The van der Waals surface area contributed by atoms with Crippen LogP contribution in [0.4, 0.5) is 0 Å². The number of carbonyl (C=O) groups is 1. The van der Waals surface area contributed by atoms with Gasteiger partial charge in [-0.15, -0.1) is 0 Å². The normalized spacial score (nSPS) is 20.1. The van der Waals surface area contributed by atoms with Gasteiger partial charge in [-0.2, -0.15) is 0 Å². The lowest BCUT2D eigenvalue weighted by molar-refractivity contribution is 0.0378. The van der Waals surface area contributed by atoms with Crippen molar-refractivity contribution in [1.29, 1.82) is 0 Å². The van der Waals surface area contributed by atoms with E-state index >= 15 is 0 Å². The number of imidazole rings is 1. The SMILES string of the molecule is CC1OCCN1C(=O)c1ccc2nc[nH]c2c1. The Kier molecular flexibility index (Phi) is 2.33. The number of fused-ring (bicyclic) bond motifs is 1. The highest BCUT2D eigenvalue weighted by Crippen LogP contribution is 2.17. The van der Waals surface area contributed by atoms with E-state index in [1.165, 1.54) is 0 Å². The molecule has 1 fully saturated rings. The molecule has 3 rings (SSSR count). The molecule has 1 aromatic carbocycles. The van der Waals surface area contributed by atoms with Crippen molar-refractivity contribution < 1.29 is 9.53 Å². The summed E-state index contributed by atoms with van der Waals surface area (Å²) in [4.78, 5) is 21.1. The van der Waals surface area contributed by atoms with Gasteiger partial charge in [0.25, 0.3) is 5.91 Å². The van der Waals surface area contributed by atoms with Gasteiger partial charge >= 0.3 is 0 Å². The Labute approximate surface area is 98.4 Å². The molecular weight excluding hydrogens is 218 g/mol. The van der Waals surface area contributed by atoms with Crippen LogP contribution in [0.3, 0.4) is 0 Å². The van der Waals surface area contributed by atoms with Crippen molar-refractivity contribution >= 4 is 16.9 Å². The number of nitrogens with one attached hydrogen (secondary N) is 1. The highest BCUT2D eigenvalue weighted by Gasteiger charge is 2.26. The first-order valence-corrected chi connectivity index (χ1v) is 5.61. The maximum absolute atomic E-state index is 12.2. The van der Waals surface area contributed by atoms with Crippen LogP contribution in [-0.4, -0.2) is 40.2 Å². The number of ether oxygens (including phenoxy) is 1. The molecular formula is C12H13N3O2. The highest BCUT2D eigenvalue weighted by atomic mass is 16.5. The van der Waals surface area contributed by atoms with Gasteiger partial charge in [0.05, 0.1) is 24.0 Å². The quantitative estimate of drug-likeness (QED) is 0.806. The molecule has 0 bridgehead atoms. The van der Waals surface area contributed by atoms with E-state index in [4.69, 9.17) is 4.74 Å². The smallest absolute Gasteiger partial charge is 0.256 e. The molecule has 1 atom stereocenters. The lowest BCUT2D eigenvalue weighted by Crippen LogP contribution is -2.34. The topological polar surface area (TPSA) is 58.2 Å². The summed E-state index contributed by atoms with van der Waals surface area (Å²) in [5.74, 6) is 0.00602. The summed E-state index contributed by atoms with van der Waals surface area (Å²) in [5.41, 5.74) is 2.41. The first kappa shape index (κ1) is 10.3. The third kappa shape index (κ3) is 1.68. The lowest BCUT2D eigenvalue weighted by atomic mass is 10.1. The van der Waals surface area contributed by atoms with Gasteiger partial charge in [0.15, 0.2) is 0 Å². The molecule has 0 spiro atoms. The summed E-state index contributed by atoms with van der Waals surface area (Å²) >= 11 is 0. The van der Waals surface area contributed by atoms with Crippen LogP contribution in [0.25, 0.3) is 11.0 Å². The van der Waals surface area contributed by atoms with E-state index < -0.39 is 0 Å². The van der Waals surface area contributed by atoms with Crippen molar-refractivity contribution in [2.75, 3.05) is 13.2 Å². The van der Waals surface area contributed by atoms with Crippen molar-refractivity contribution in [3.05, 3.63) is 30.1 Å². The van der Waals surface area contributed by atoms with Gasteiger partial charge in [-0.1, -0.05) is 0 Å². The molecule has 1 N–H and O–H groups in total. The molecule has 5 heteroatoms. The molecule has 5 nitrogen and oxygen atoms in total. The number of carbonyl (C=O) groups excluding carboxylic acids is 1. The number of benzene rings is 1. The average molecular weight is 231 g/mol. The molecule has 88 valence electrons. The van der Waals surface area contributed by atoms with Gasteiger partial charge in [0.1, 0.15) is 6.23 Å². The maximum Gasteiger partial charge on any atom is 0.256 e. The van der Waals surface area contributed by atoms with E-state index in [-0.39, 0.29) is 12.1 Å². The zero-order chi connectivity index (χ0) is 11.8. The third-order valence-corrected chi connectivity index (χ3v) is 3.06. The van der Waals surface area contributed by atoms with Crippen LogP contribution in [0, 0.1) is 0 Å². The van der Waals surface area contributed by atoms with Gasteiger partial charge in [0.2, 0.25) is 0 Å². The number of aromatic nitrogens is 2. The molecule has 17 heavy (non-hydrogen) atoms. The Bertz CT molecular complexity index is 564. The molecule has 0 radical (unpaired) electrons. The summed E-state index contributed by atoms with van der Waals surface area (Å²) in [7, 11) is 0. The first-order valence-electron chi connectivity index (χ1n) is 5.61. The molecule has 1 aromatic heterocycles. The number of H-pyrrole nitrogens is 1. The summed E-state index contributed by atoms with van der Waals surface area (Å²) < 4.78 is 5.37. The van der Waals surface area contributed by atoms with E-state index in [0.717, 1.165) is 11.0 Å². The largest absolute Gasteiger partial charge is 0.357 e. The molecule has 1 amide bonds. The maximum atomic E-state index is 12.2. The minimum atomic E-state index is -0.139. The summed E-state index contributed by atoms with van der Waals surface area (Å²) in [6, 6.07) is 5.48. The Morgan fingerprint density at radius 2 is 2.47 bits per heavy atom. The van der Waals surface area contributed by atoms with Crippen molar-refractivity contribution in [3.8, 4) is 0 Å². The fourth-order valence-electron chi connectivity index (χ4n) is 2.09. The van der Waals surface area contributed by atoms with E-state index in [2.05, 4.69) is 9.97 Å². The van der Waals surface area contributed by atoms with Crippen LogP contribution in [-0.2, 0) is 4.74 Å². The van der Waals surface area contributed by atoms with Crippen molar-refractivity contribution in [2.45, 2.75) is 13.2 Å². The van der Waals surface area contributed by atoms with Gasteiger partial charge in [-0.05, 0) is 25.1 Å². The van der Waals surface area contributed by atoms with Gasteiger partial charge in [-0.25, -0.2) is 4.98 Å². The van der Waals surface area contributed by atoms with E-state index in [0.29, 0.717) is 18.7 Å². The number of amides is 1. The van der Waals surface area contributed by atoms with Gasteiger partial charge < -0.3 is 14.6 Å². The van der Waals surface area contributed by atoms with E-state index in [1.54, 1.807) is 17.3 Å².